The molecule has 0 N–H and O–H groups in total. The zero-order valence-corrected chi connectivity index (χ0v) is 7.07. The van der Waals surface area contributed by atoms with E-state index in [0.29, 0.717) is 16.9 Å². The maximum absolute atomic E-state index is 4.20. The molecule has 0 amide bonds. The predicted molar refractivity (Wildman–Crippen MR) is 47.8 cm³/mol. The zero-order chi connectivity index (χ0) is 8.39. The highest BCUT2D eigenvalue weighted by atomic mass is 32.1. The van der Waals surface area contributed by atoms with Crippen LogP contribution in [-0.4, -0.2) is 19.9 Å². The molecule has 0 aliphatic carbocycles. The largest absolute Gasteiger partial charge is 0.249 e. The summed E-state index contributed by atoms with van der Waals surface area (Å²) in [6.45, 7) is 0. The summed E-state index contributed by atoms with van der Waals surface area (Å²) >= 11 is 4.09. The Morgan fingerprint density at radius 3 is 3.00 bits per heavy atom. The molecule has 0 unspecified atom stereocenters. The molecule has 12 heavy (non-hydrogen) atoms. The number of rotatable bonds is 1. The van der Waals surface area contributed by atoms with Gasteiger partial charge < -0.3 is 0 Å². The number of thiol groups is 1. The van der Waals surface area contributed by atoms with Crippen LogP contribution in [0.5, 0.6) is 0 Å². The number of hydrogen-bond donors (Lipinski definition) is 1. The van der Waals surface area contributed by atoms with Gasteiger partial charge in [0.05, 0.1) is 18.1 Å². The Morgan fingerprint density at radius 2 is 2.17 bits per heavy atom. The van der Waals surface area contributed by atoms with Crippen LogP contribution in [0.15, 0.2) is 18.7 Å². The average molecular weight is 178 g/mol. The second-order valence-electron chi connectivity index (χ2n) is 2.25. The lowest BCUT2D eigenvalue weighted by Gasteiger charge is -1.95. The van der Waals surface area contributed by atoms with Gasteiger partial charge in [-0.2, -0.15) is 12.6 Å². The standard InChI is InChI=1S/C7H6N4S/c12-3-5-1-9-6-2-8-4-10-7(6)11-5/h1-2,4,12H,3H2. The Balaban J connectivity index is 2.67. The first-order valence-electron chi connectivity index (χ1n) is 3.42. The van der Waals surface area contributed by atoms with Gasteiger partial charge in [0.2, 0.25) is 0 Å². The lowest BCUT2D eigenvalue weighted by atomic mass is 10.4. The Kier molecular flexibility index (Phi) is 1.87. The van der Waals surface area contributed by atoms with Crippen LogP contribution in [-0.2, 0) is 5.75 Å². The SMILES string of the molecule is SCc1cnc2cncnc2n1. The summed E-state index contributed by atoms with van der Waals surface area (Å²) in [5.41, 5.74) is 2.16. The van der Waals surface area contributed by atoms with Crippen molar-refractivity contribution in [1.29, 1.82) is 0 Å². The molecule has 2 aromatic heterocycles. The van der Waals surface area contributed by atoms with Crippen molar-refractivity contribution < 1.29 is 0 Å². The van der Waals surface area contributed by atoms with Crippen LogP contribution in [0.2, 0.25) is 0 Å². The first-order valence-corrected chi connectivity index (χ1v) is 4.06. The molecule has 2 rings (SSSR count). The van der Waals surface area contributed by atoms with E-state index < -0.39 is 0 Å². The second-order valence-corrected chi connectivity index (χ2v) is 2.57. The fourth-order valence-corrected chi connectivity index (χ4v) is 1.03. The maximum Gasteiger partial charge on any atom is 0.181 e. The first kappa shape index (κ1) is 7.42. The van der Waals surface area contributed by atoms with Crippen molar-refractivity contribution in [2.45, 2.75) is 5.75 Å². The molecular formula is C7H6N4S. The first-order chi connectivity index (χ1) is 5.90. The number of fused-ring (bicyclic) bond motifs is 1. The van der Waals surface area contributed by atoms with Crippen LogP contribution in [0.4, 0.5) is 0 Å². The molecule has 0 saturated heterocycles. The highest BCUT2D eigenvalue weighted by Gasteiger charge is 1.97. The van der Waals surface area contributed by atoms with Crippen molar-refractivity contribution in [1.82, 2.24) is 19.9 Å². The van der Waals surface area contributed by atoms with Gasteiger partial charge in [-0.15, -0.1) is 0 Å². The molecule has 0 bridgehead atoms. The van der Waals surface area contributed by atoms with E-state index in [4.69, 9.17) is 0 Å². The van der Waals surface area contributed by atoms with Crippen molar-refractivity contribution >= 4 is 23.8 Å². The third kappa shape index (κ3) is 1.23. The Labute approximate surface area is 74.5 Å². The Bertz CT molecular complexity index is 403. The summed E-state index contributed by atoms with van der Waals surface area (Å²) in [7, 11) is 0. The quantitative estimate of drug-likeness (QED) is 0.658. The van der Waals surface area contributed by atoms with E-state index in [2.05, 4.69) is 32.6 Å². The van der Waals surface area contributed by atoms with Crippen molar-refractivity contribution in [3.63, 3.8) is 0 Å². The van der Waals surface area contributed by atoms with E-state index in [-0.39, 0.29) is 0 Å². The van der Waals surface area contributed by atoms with Crippen LogP contribution in [0.3, 0.4) is 0 Å². The fourth-order valence-electron chi connectivity index (χ4n) is 0.878. The monoisotopic (exact) mass is 178 g/mol. The van der Waals surface area contributed by atoms with E-state index in [1.54, 1.807) is 12.4 Å². The fraction of sp³-hybridized carbons (Fsp3) is 0.143. The van der Waals surface area contributed by atoms with Gasteiger partial charge in [0.25, 0.3) is 0 Å². The molecule has 0 aromatic carbocycles. The van der Waals surface area contributed by atoms with Gasteiger partial charge in [-0.25, -0.2) is 19.9 Å². The van der Waals surface area contributed by atoms with Gasteiger partial charge in [-0.1, -0.05) is 0 Å². The highest BCUT2D eigenvalue weighted by molar-refractivity contribution is 7.79. The molecule has 0 saturated carbocycles. The summed E-state index contributed by atoms with van der Waals surface area (Å²) in [4.78, 5) is 16.1. The lowest BCUT2D eigenvalue weighted by Crippen LogP contribution is -1.92. The summed E-state index contributed by atoms with van der Waals surface area (Å²) in [6, 6.07) is 0. The number of nitrogens with zero attached hydrogens (tertiary/aromatic N) is 4. The lowest BCUT2D eigenvalue weighted by molar-refractivity contribution is 1.10. The molecule has 0 spiro atoms. The topological polar surface area (TPSA) is 51.6 Å². The third-order valence-corrected chi connectivity index (χ3v) is 1.76. The summed E-state index contributed by atoms with van der Waals surface area (Å²) in [5.74, 6) is 0.576. The van der Waals surface area contributed by atoms with Gasteiger partial charge in [-0.05, 0) is 0 Å². The number of hydrogen-bond acceptors (Lipinski definition) is 5. The van der Waals surface area contributed by atoms with Crippen LogP contribution >= 0.6 is 12.6 Å². The van der Waals surface area contributed by atoms with Crippen LogP contribution < -0.4 is 0 Å². The molecule has 2 aromatic rings. The van der Waals surface area contributed by atoms with E-state index in [1.165, 1.54) is 6.33 Å². The van der Waals surface area contributed by atoms with Gasteiger partial charge >= 0.3 is 0 Å². The molecule has 4 nitrogen and oxygen atoms in total. The third-order valence-electron chi connectivity index (χ3n) is 1.44. The highest BCUT2D eigenvalue weighted by Crippen LogP contribution is 2.04. The minimum Gasteiger partial charge on any atom is -0.249 e. The molecular weight excluding hydrogens is 172 g/mol. The van der Waals surface area contributed by atoms with Crippen LogP contribution in [0, 0.1) is 0 Å². The van der Waals surface area contributed by atoms with E-state index in [0.717, 1.165) is 5.69 Å². The van der Waals surface area contributed by atoms with Crippen LogP contribution in [0.1, 0.15) is 5.69 Å². The molecule has 0 aliphatic heterocycles. The molecule has 2 heterocycles. The molecule has 0 radical (unpaired) electrons. The van der Waals surface area contributed by atoms with Crippen LogP contribution in [0.25, 0.3) is 11.2 Å². The normalized spacial score (nSPS) is 10.4. The minimum absolute atomic E-state index is 0.576. The minimum atomic E-state index is 0.576. The Morgan fingerprint density at radius 1 is 1.25 bits per heavy atom. The summed E-state index contributed by atoms with van der Waals surface area (Å²) in [5, 5.41) is 0. The van der Waals surface area contributed by atoms with Gasteiger partial charge in [0.1, 0.15) is 11.8 Å². The van der Waals surface area contributed by atoms with Crippen molar-refractivity contribution in [2.24, 2.45) is 0 Å². The smallest absolute Gasteiger partial charge is 0.181 e. The molecule has 0 fully saturated rings. The summed E-state index contributed by atoms with van der Waals surface area (Å²) in [6.07, 6.45) is 4.77. The zero-order valence-electron chi connectivity index (χ0n) is 6.18. The Hall–Kier alpha value is -1.23. The van der Waals surface area contributed by atoms with Gasteiger partial charge in [0, 0.05) is 5.75 Å². The number of aromatic nitrogens is 4. The molecule has 0 aliphatic rings. The van der Waals surface area contributed by atoms with E-state index in [9.17, 15) is 0 Å². The van der Waals surface area contributed by atoms with Crippen molar-refractivity contribution in [2.75, 3.05) is 0 Å². The maximum atomic E-state index is 4.20. The van der Waals surface area contributed by atoms with Gasteiger partial charge in [-0.3, -0.25) is 0 Å². The molecule has 60 valence electrons. The van der Waals surface area contributed by atoms with Crippen molar-refractivity contribution in [3.05, 3.63) is 24.4 Å². The molecule has 5 heteroatoms. The molecule has 0 atom stereocenters. The van der Waals surface area contributed by atoms with E-state index in [1.807, 2.05) is 0 Å². The van der Waals surface area contributed by atoms with Gasteiger partial charge in [0.15, 0.2) is 5.65 Å². The second kappa shape index (κ2) is 3.02. The van der Waals surface area contributed by atoms with E-state index >= 15 is 0 Å². The predicted octanol–water partition coefficient (Wildman–Crippen LogP) is 0.850. The van der Waals surface area contributed by atoms with Crippen molar-refractivity contribution in [3.8, 4) is 0 Å². The average Bonchev–Trinajstić information content (AvgIpc) is 2.17. The summed E-state index contributed by atoms with van der Waals surface area (Å²) < 4.78 is 0.